The summed E-state index contributed by atoms with van der Waals surface area (Å²) in [4.78, 5) is 16.8. The molecule has 7 nitrogen and oxygen atoms in total. The van der Waals surface area contributed by atoms with Gasteiger partial charge in [-0.15, -0.1) is 0 Å². The van der Waals surface area contributed by atoms with Crippen molar-refractivity contribution in [1.82, 2.24) is 20.5 Å². The number of anilines is 1. The van der Waals surface area contributed by atoms with Gasteiger partial charge in [0, 0.05) is 24.2 Å². The molecule has 124 valence electrons. The van der Waals surface area contributed by atoms with Gasteiger partial charge in [0.05, 0.1) is 11.2 Å². The minimum absolute atomic E-state index is 0.0845. The molecule has 7 heteroatoms. The fraction of sp³-hybridized carbons (Fsp3) is 0.412. The Morgan fingerprint density at radius 3 is 2.62 bits per heavy atom. The molecule has 0 unspecified atom stereocenters. The van der Waals surface area contributed by atoms with Crippen LogP contribution in [0.25, 0.3) is 0 Å². The molecule has 2 N–H and O–H groups in total. The van der Waals surface area contributed by atoms with Gasteiger partial charge in [0.2, 0.25) is 0 Å². The van der Waals surface area contributed by atoms with Gasteiger partial charge in [-0.1, -0.05) is 0 Å². The van der Waals surface area contributed by atoms with Gasteiger partial charge in [-0.05, 0) is 50.5 Å². The maximum Gasteiger partial charge on any atom is 0.252 e. The number of nitrogens with zero attached hydrogens (tertiary/aromatic N) is 4. The number of carbonyl (C=O) groups excluding carboxylic acids is 1. The van der Waals surface area contributed by atoms with Crippen LogP contribution in [0.3, 0.4) is 0 Å². The van der Waals surface area contributed by atoms with Gasteiger partial charge in [-0.25, -0.2) is 4.98 Å². The molecule has 0 spiro atoms. The van der Waals surface area contributed by atoms with Crippen molar-refractivity contribution in [2.45, 2.75) is 38.1 Å². The highest BCUT2D eigenvalue weighted by Crippen LogP contribution is 2.39. The zero-order valence-corrected chi connectivity index (χ0v) is 13.6. The van der Waals surface area contributed by atoms with Crippen molar-refractivity contribution < 1.29 is 4.79 Å². The van der Waals surface area contributed by atoms with Crippen molar-refractivity contribution in [2.75, 3.05) is 11.6 Å². The van der Waals surface area contributed by atoms with Crippen molar-refractivity contribution in [3.63, 3.8) is 0 Å². The average molecular weight is 324 g/mol. The monoisotopic (exact) mass is 324 g/mol. The number of rotatable bonds is 4. The largest absolute Gasteiger partial charge is 0.339 e. The van der Waals surface area contributed by atoms with Crippen molar-refractivity contribution in [2.24, 2.45) is 5.10 Å². The summed E-state index contributed by atoms with van der Waals surface area (Å²) in [7, 11) is 0. The molecule has 0 saturated heterocycles. The zero-order chi connectivity index (χ0) is 16.6. The molecule has 1 aromatic carbocycles. The van der Waals surface area contributed by atoms with E-state index in [9.17, 15) is 4.79 Å². The Kier molecular flexibility index (Phi) is 3.55. The highest BCUT2D eigenvalue weighted by Gasteiger charge is 2.42. The van der Waals surface area contributed by atoms with Crippen LogP contribution in [0.2, 0.25) is 0 Å². The van der Waals surface area contributed by atoms with E-state index in [4.69, 9.17) is 0 Å². The molecule has 1 saturated carbocycles. The molecule has 2 aromatic rings. The average Bonchev–Trinajstić information content (AvgIpc) is 3.23. The fourth-order valence-electron chi connectivity index (χ4n) is 3.22. The van der Waals surface area contributed by atoms with E-state index in [1.54, 1.807) is 0 Å². The Labute approximate surface area is 140 Å². The second kappa shape index (κ2) is 5.74. The van der Waals surface area contributed by atoms with Crippen molar-refractivity contribution >= 4 is 17.3 Å². The van der Waals surface area contributed by atoms with Crippen LogP contribution in [0.5, 0.6) is 0 Å². The van der Waals surface area contributed by atoms with Gasteiger partial charge in [0.1, 0.15) is 12.2 Å². The topological polar surface area (TPSA) is 86.3 Å². The third-order valence-electron chi connectivity index (χ3n) is 4.83. The molecule has 1 aliphatic carbocycles. The van der Waals surface area contributed by atoms with Gasteiger partial charge in [-0.2, -0.15) is 10.2 Å². The van der Waals surface area contributed by atoms with E-state index in [-0.39, 0.29) is 5.91 Å². The summed E-state index contributed by atoms with van der Waals surface area (Å²) in [6.45, 7) is 2.93. The summed E-state index contributed by atoms with van der Waals surface area (Å²) >= 11 is 0. The van der Waals surface area contributed by atoms with Gasteiger partial charge < -0.3 is 5.32 Å². The van der Waals surface area contributed by atoms with E-state index in [1.165, 1.54) is 6.33 Å². The second-order valence-electron chi connectivity index (χ2n) is 6.48. The Balaban J connectivity index is 1.49. The number of aromatic amines is 1. The van der Waals surface area contributed by atoms with E-state index < -0.39 is 5.54 Å². The maximum absolute atomic E-state index is 12.6. The molecular weight excluding hydrogens is 304 g/mol. The van der Waals surface area contributed by atoms with Gasteiger partial charge in [-0.3, -0.25) is 14.9 Å². The Bertz CT molecular complexity index is 761. The summed E-state index contributed by atoms with van der Waals surface area (Å²) in [5, 5.41) is 16.4. The zero-order valence-electron chi connectivity index (χ0n) is 13.6. The fourth-order valence-corrected chi connectivity index (χ4v) is 3.22. The number of aromatic nitrogens is 3. The highest BCUT2D eigenvalue weighted by atomic mass is 16.1. The van der Waals surface area contributed by atoms with Crippen LogP contribution in [0.4, 0.5) is 5.69 Å². The lowest BCUT2D eigenvalue weighted by Gasteiger charge is -2.40. The van der Waals surface area contributed by atoms with E-state index in [0.29, 0.717) is 5.56 Å². The van der Waals surface area contributed by atoms with Crippen LogP contribution in [0.1, 0.15) is 48.8 Å². The minimum atomic E-state index is -0.400. The summed E-state index contributed by atoms with van der Waals surface area (Å²) in [6.07, 6.45) is 5.31. The molecule has 0 atom stereocenters. The molecule has 1 fully saturated rings. The molecule has 1 amide bonds. The number of H-pyrrole nitrogens is 1. The summed E-state index contributed by atoms with van der Waals surface area (Å²) in [5.41, 5.74) is 2.39. The molecule has 1 aromatic heterocycles. The standard InChI is InChI=1S/C17H20N6O/c1-12-7-10-23(22-12)14-5-3-13(4-6-14)15(24)20-17(8-2-9-17)16-18-11-19-21-16/h3-6,11H,2,7-10H2,1H3,(H,20,24)(H,18,19,21). The number of hydrogen-bond donors (Lipinski definition) is 2. The molecule has 0 bridgehead atoms. The number of hydrogen-bond acceptors (Lipinski definition) is 5. The van der Waals surface area contributed by atoms with Crippen LogP contribution < -0.4 is 10.3 Å². The molecule has 4 rings (SSSR count). The lowest BCUT2D eigenvalue weighted by molar-refractivity contribution is 0.0809. The first kappa shape index (κ1) is 14.9. The van der Waals surface area contributed by atoms with Crippen LogP contribution in [-0.2, 0) is 5.54 Å². The van der Waals surface area contributed by atoms with Crippen molar-refractivity contribution in [1.29, 1.82) is 0 Å². The van der Waals surface area contributed by atoms with Crippen LogP contribution in [-0.4, -0.2) is 33.3 Å². The minimum Gasteiger partial charge on any atom is -0.339 e. The quantitative estimate of drug-likeness (QED) is 0.903. The predicted molar refractivity (Wildman–Crippen MR) is 90.9 cm³/mol. The van der Waals surface area contributed by atoms with E-state index in [0.717, 1.165) is 49.5 Å². The maximum atomic E-state index is 12.6. The summed E-state index contributed by atoms with van der Waals surface area (Å²) < 4.78 is 0. The van der Waals surface area contributed by atoms with Gasteiger partial charge >= 0.3 is 0 Å². The van der Waals surface area contributed by atoms with Crippen LogP contribution >= 0.6 is 0 Å². The summed E-state index contributed by atoms with van der Waals surface area (Å²) in [6, 6.07) is 7.58. The normalized spacial score (nSPS) is 18.9. The predicted octanol–water partition coefficient (Wildman–Crippen LogP) is 2.20. The van der Waals surface area contributed by atoms with Crippen molar-refractivity contribution in [3.8, 4) is 0 Å². The lowest BCUT2D eigenvalue weighted by Crippen LogP contribution is -2.51. The Morgan fingerprint density at radius 2 is 2.08 bits per heavy atom. The summed E-state index contributed by atoms with van der Waals surface area (Å²) in [5.74, 6) is 0.652. The number of amides is 1. The first-order valence-corrected chi connectivity index (χ1v) is 8.26. The number of benzene rings is 1. The first-order chi connectivity index (χ1) is 11.7. The van der Waals surface area contributed by atoms with E-state index >= 15 is 0 Å². The number of carbonyl (C=O) groups is 1. The van der Waals surface area contributed by atoms with Crippen LogP contribution in [0.15, 0.2) is 35.7 Å². The third kappa shape index (κ3) is 2.55. The number of hydrazone groups is 1. The van der Waals surface area contributed by atoms with Gasteiger partial charge in [0.25, 0.3) is 5.91 Å². The van der Waals surface area contributed by atoms with Gasteiger partial charge in [0.15, 0.2) is 0 Å². The molecule has 2 heterocycles. The third-order valence-corrected chi connectivity index (χ3v) is 4.83. The number of nitrogens with one attached hydrogen (secondary N) is 2. The molecule has 24 heavy (non-hydrogen) atoms. The molecule has 1 aliphatic heterocycles. The second-order valence-corrected chi connectivity index (χ2v) is 6.48. The molecule has 0 radical (unpaired) electrons. The van der Waals surface area contributed by atoms with Crippen LogP contribution in [0, 0.1) is 0 Å². The molecule has 2 aliphatic rings. The Morgan fingerprint density at radius 1 is 1.29 bits per heavy atom. The smallest absolute Gasteiger partial charge is 0.252 e. The molecular formula is C17H20N6O. The van der Waals surface area contributed by atoms with Crippen molar-refractivity contribution in [3.05, 3.63) is 42.0 Å². The lowest BCUT2D eigenvalue weighted by atomic mass is 9.76. The van der Waals surface area contributed by atoms with E-state index in [2.05, 4.69) is 25.6 Å². The Hall–Kier alpha value is -2.70. The SMILES string of the molecule is CC1=NN(c2ccc(C(=O)NC3(c4ncn[nH]4)CCC3)cc2)CC1. The van der Waals surface area contributed by atoms with E-state index in [1.807, 2.05) is 36.2 Å². The first-order valence-electron chi connectivity index (χ1n) is 8.26. The highest BCUT2D eigenvalue weighted by molar-refractivity contribution is 5.95.